The van der Waals surface area contributed by atoms with Crippen molar-refractivity contribution in [1.29, 1.82) is 0 Å². The molecule has 2 amide bonds. The molecule has 4 aliphatic carbocycles. The van der Waals surface area contributed by atoms with Crippen LogP contribution in [0.25, 0.3) is 0 Å². The number of esters is 1. The van der Waals surface area contributed by atoms with Gasteiger partial charge in [-0.1, -0.05) is 42.0 Å². The molecule has 1 aliphatic heterocycles. The Labute approximate surface area is 162 Å². The van der Waals surface area contributed by atoms with Gasteiger partial charge in [-0.15, -0.1) is 0 Å². The van der Waals surface area contributed by atoms with E-state index in [2.05, 4.69) is 12.2 Å². The van der Waals surface area contributed by atoms with Crippen LogP contribution in [0.2, 0.25) is 0 Å². The average Bonchev–Trinajstić information content (AvgIpc) is 3.48. The Hall–Kier alpha value is -2.76. The van der Waals surface area contributed by atoms with Crippen LogP contribution in [-0.2, 0) is 19.1 Å². The fraction of sp³-hybridized carbons (Fsp3) is 0.455. The number of nitrogens with zero attached hydrogens (tertiary/aromatic N) is 1. The van der Waals surface area contributed by atoms with E-state index in [0.29, 0.717) is 17.4 Å². The molecule has 6 atom stereocenters. The van der Waals surface area contributed by atoms with Gasteiger partial charge in [0.25, 0.3) is 0 Å². The Morgan fingerprint density at radius 3 is 2.14 bits per heavy atom. The number of carbonyl (C=O) groups excluding carboxylic acids is 4. The van der Waals surface area contributed by atoms with Crippen molar-refractivity contribution in [3.8, 4) is 0 Å². The maximum atomic E-state index is 12.8. The lowest BCUT2D eigenvalue weighted by atomic mass is 9.63. The number of amides is 2. The van der Waals surface area contributed by atoms with Crippen LogP contribution in [0.3, 0.4) is 0 Å². The zero-order chi connectivity index (χ0) is 19.6. The third kappa shape index (κ3) is 2.54. The molecule has 144 valence electrons. The molecule has 1 aromatic rings. The summed E-state index contributed by atoms with van der Waals surface area (Å²) in [7, 11) is 0. The molecule has 2 bridgehead atoms. The maximum absolute atomic E-state index is 12.8. The average molecular weight is 379 g/mol. The van der Waals surface area contributed by atoms with Crippen LogP contribution in [0.4, 0.5) is 0 Å². The minimum atomic E-state index is -0.730. The van der Waals surface area contributed by atoms with Gasteiger partial charge in [-0.3, -0.25) is 24.1 Å². The van der Waals surface area contributed by atoms with Gasteiger partial charge >= 0.3 is 5.97 Å². The van der Waals surface area contributed by atoms with Gasteiger partial charge in [0, 0.05) is 5.56 Å². The molecule has 0 unspecified atom stereocenters. The molecule has 0 aromatic heterocycles. The fourth-order valence-corrected chi connectivity index (χ4v) is 5.32. The first-order valence-corrected chi connectivity index (χ1v) is 9.75. The molecule has 6 heteroatoms. The van der Waals surface area contributed by atoms with E-state index in [9.17, 15) is 19.2 Å². The Morgan fingerprint density at radius 2 is 1.57 bits per heavy atom. The lowest BCUT2D eigenvalue weighted by Gasteiger charge is -2.37. The Bertz CT molecular complexity index is 881. The second kappa shape index (κ2) is 6.12. The lowest BCUT2D eigenvalue weighted by Crippen LogP contribution is -2.40. The highest BCUT2D eigenvalue weighted by Crippen LogP contribution is 2.65. The Kier molecular flexibility index (Phi) is 3.79. The predicted molar refractivity (Wildman–Crippen MR) is 97.9 cm³/mol. The molecule has 0 spiro atoms. The molecule has 28 heavy (non-hydrogen) atoms. The van der Waals surface area contributed by atoms with Crippen LogP contribution in [0.5, 0.6) is 0 Å². The number of allylic oxidation sites excluding steroid dienone is 2. The number of ether oxygens (including phenoxy) is 1. The highest BCUT2D eigenvalue weighted by Gasteiger charge is 2.67. The molecule has 1 aromatic carbocycles. The van der Waals surface area contributed by atoms with Crippen molar-refractivity contribution in [2.24, 2.45) is 35.5 Å². The summed E-state index contributed by atoms with van der Waals surface area (Å²) in [5.74, 6) is -0.931. The number of ketones is 1. The molecular formula is C22H21NO5. The van der Waals surface area contributed by atoms with E-state index in [1.807, 2.05) is 19.1 Å². The summed E-state index contributed by atoms with van der Waals surface area (Å²) in [6.45, 7) is 1.10. The smallest absolute Gasteiger partial charge is 0.326 e. The van der Waals surface area contributed by atoms with E-state index in [0.717, 1.165) is 16.9 Å². The van der Waals surface area contributed by atoms with E-state index >= 15 is 0 Å². The maximum Gasteiger partial charge on any atom is 0.326 e. The van der Waals surface area contributed by atoms with Crippen molar-refractivity contribution < 1.29 is 23.9 Å². The minimum absolute atomic E-state index is 0.126. The minimum Gasteiger partial charge on any atom is -0.456 e. The fourth-order valence-electron chi connectivity index (χ4n) is 5.32. The SMILES string of the molecule is Cc1ccc(C(=O)COC(=O)CN2C(=O)[C@@H]3[C@H]4C=C[C@@H]([C@@H]5C[C@@H]45)[C@H]3C2=O)cc1. The zero-order valence-corrected chi connectivity index (χ0v) is 15.5. The molecule has 0 radical (unpaired) electrons. The van der Waals surface area contributed by atoms with E-state index in [1.54, 1.807) is 12.1 Å². The van der Waals surface area contributed by atoms with Crippen LogP contribution >= 0.6 is 0 Å². The number of carbonyl (C=O) groups is 4. The van der Waals surface area contributed by atoms with Crippen molar-refractivity contribution in [1.82, 2.24) is 4.90 Å². The molecule has 0 N–H and O–H groups in total. The van der Waals surface area contributed by atoms with Crippen LogP contribution in [0.1, 0.15) is 22.3 Å². The van der Waals surface area contributed by atoms with Crippen molar-refractivity contribution in [3.63, 3.8) is 0 Å². The van der Waals surface area contributed by atoms with Gasteiger partial charge < -0.3 is 4.74 Å². The van der Waals surface area contributed by atoms with Gasteiger partial charge in [-0.2, -0.15) is 0 Å². The number of imide groups is 1. The predicted octanol–water partition coefficient (Wildman–Crippen LogP) is 1.77. The third-order valence-electron chi connectivity index (χ3n) is 6.78. The van der Waals surface area contributed by atoms with Crippen LogP contribution in [-0.4, -0.2) is 41.6 Å². The Morgan fingerprint density at radius 1 is 1.00 bits per heavy atom. The monoisotopic (exact) mass is 379 g/mol. The zero-order valence-electron chi connectivity index (χ0n) is 15.5. The summed E-state index contributed by atoms with van der Waals surface area (Å²) in [6.07, 6.45) is 5.28. The second-order valence-electron chi connectivity index (χ2n) is 8.37. The van der Waals surface area contributed by atoms with Crippen LogP contribution in [0.15, 0.2) is 36.4 Å². The topological polar surface area (TPSA) is 80.8 Å². The molecular weight excluding hydrogens is 358 g/mol. The molecule has 2 saturated carbocycles. The second-order valence-corrected chi connectivity index (χ2v) is 8.37. The number of benzene rings is 1. The Balaban J connectivity index is 1.21. The highest BCUT2D eigenvalue weighted by atomic mass is 16.5. The number of rotatable bonds is 5. The standard InChI is InChI=1S/C22H21NO5/c1-11-2-4-12(5-3-11)17(24)10-28-18(25)9-23-21(26)19-13-6-7-14(16-8-15(13)16)20(19)22(23)27/h2-7,13-16,19-20H,8-10H2,1H3/t13-,14-,15-,16-,19+,20+/m0/s1. The van der Waals surface area contributed by atoms with E-state index in [-0.39, 0.29) is 41.3 Å². The van der Waals surface area contributed by atoms with Crippen molar-refractivity contribution in [3.05, 3.63) is 47.5 Å². The first kappa shape index (κ1) is 17.3. The van der Waals surface area contributed by atoms with Crippen molar-refractivity contribution in [2.75, 3.05) is 13.2 Å². The largest absolute Gasteiger partial charge is 0.456 e. The molecule has 5 aliphatic rings. The summed E-state index contributed by atoms with van der Waals surface area (Å²) in [5.41, 5.74) is 1.49. The first-order valence-electron chi connectivity index (χ1n) is 9.75. The van der Waals surface area contributed by atoms with Gasteiger partial charge in [-0.25, -0.2) is 0 Å². The van der Waals surface area contributed by atoms with E-state index < -0.39 is 19.1 Å². The van der Waals surface area contributed by atoms with Gasteiger partial charge in [0.05, 0.1) is 11.8 Å². The number of Topliss-reactive ketones (excluding diaryl/α,β-unsaturated/α-hetero) is 1. The van der Waals surface area contributed by atoms with Gasteiger partial charge in [0.1, 0.15) is 6.54 Å². The third-order valence-corrected chi connectivity index (χ3v) is 6.78. The summed E-state index contributed by atoms with van der Waals surface area (Å²) in [4.78, 5) is 51.0. The van der Waals surface area contributed by atoms with Crippen molar-refractivity contribution >= 4 is 23.6 Å². The van der Waals surface area contributed by atoms with Gasteiger partial charge in [-0.05, 0) is 37.0 Å². The quantitative estimate of drug-likeness (QED) is 0.337. The first-order chi connectivity index (χ1) is 13.5. The number of aryl methyl sites for hydroxylation is 1. The highest BCUT2D eigenvalue weighted by molar-refractivity contribution is 6.08. The van der Waals surface area contributed by atoms with Crippen LogP contribution in [0, 0.1) is 42.4 Å². The van der Waals surface area contributed by atoms with E-state index in [1.165, 1.54) is 0 Å². The summed E-state index contributed by atoms with van der Waals surface area (Å²) < 4.78 is 5.05. The van der Waals surface area contributed by atoms with Crippen molar-refractivity contribution in [2.45, 2.75) is 13.3 Å². The number of hydrogen-bond donors (Lipinski definition) is 0. The molecule has 6 rings (SSSR count). The summed E-state index contributed by atoms with van der Waals surface area (Å²) in [6, 6.07) is 6.98. The summed E-state index contributed by atoms with van der Waals surface area (Å²) in [5, 5.41) is 0. The molecule has 3 fully saturated rings. The molecule has 1 heterocycles. The van der Waals surface area contributed by atoms with Gasteiger partial charge in [0.2, 0.25) is 11.8 Å². The van der Waals surface area contributed by atoms with Crippen LogP contribution < -0.4 is 0 Å². The normalized spacial score (nSPS) is 34.2. The number of hydrogen-bond acceptors (Lipinski definition) is 5. The number of likely N-dealkylation sites (tertiary alicyclic amines) is 1. The molecule has 6 nitrogen and oxygen atoms in total. The summed E-state index contributed by atoms with van der Waals surface area (Å²) >= 11 is 0. The van der Waals surface area contributed by atoms with Gasteiger partial charge in [0.15, 0.2) is 12.4 Å². The van der Waals surface area contributed by atoms with E-state index in [4.69, 9.17) is 4.74 Å². The lowest BCUT2D eigenvalue weighted by molar-refractivity contribution is -0.152. The molecule has 1 saturated heterocycles.